The van der Waals surface area contributed by atoms with Gasteiger partial charge in [-0.2, -0.15) is 0 Å². The highest BCUT2D eigenvalue weighted by Gasteiger charge is 2.38. The van der Waals surface area contributed by atoms with Crippen LogP contribution in [-0.2, 0) is 0 Å². The Morgan fingerprint density at radius 1 is 1.50 bits per heavy atom. The first-order valence-corrected chi connectivity index (χ1v) is 4.66. The average molecular weight is 157 g/mol. The maximum absolute atomic E-state index is 4.48. The van der Waals surface area contributed by atoms with E-state index in [-0.39, 0.29) is 5.54 Å². The normalized spacial score (nSPS) is 33.2. The quantitative estimate of drug-likeness (QED) is 0.526. The van der Waals surface area contributed by atoms with E-state index >= 15 is 0 Å². The third kappa shape index (κ3) is 1.22. The Morgan fingerprint density at radius 3 is 2.30 bits per heavy atom. The van der Waals surface area contributed by atoms with Crippen LogP contribution >= 0.6 is 11.8 Å². The fourth-order valence-electron chi connectivity index (χ4n) is 0.801. The molecular weight excluding hydrogens is 142 g/mol. The first-order valence-electron chi connectivity index (χ1n) is 3.61. The van der Waals surface area contributed by atoms with E-state index in [1.807, 2.05) is 17.3 Å². The van der Waals surface area contributed by atoms with E-state index in [0.29, 0.717) is 5.41 Å². The van der Waals surface area contributed by atoms with Gasteiger partial charge in [-0.15, -0.1) is 11.8 Å². The zero-order chi connectivity index (χ0) is 7.83. The average Bonchev–Trinajstić information content (AvgIpc) is 2.13. The standard InChI is InChI=1S/C8H15NS/c1-7(2,3)8(4)5-10-6-9-8/h6H,5H2,1-4H3. The predicted molar refractivity (Wildman–Crippen MR) is 48.8 cm³/mol. The molecule has 1 aliphatic heterocycles. The van der Waals surface area contributed by atoms with Crippen molar-refractivity contribution in [3.63, 3.8) is 0 Å². The lowest BCUT2D eigenvalue weighted by Crippen LogP contribution is -2.38. The van der Waals surface area contributed by atoms with Crippen LogP contribution in [0.5, 0.6) is 0 Å². The summed E-state index contributed by atoms with van der Waals surface area (Å²) in [4.78, 5) is 4.48. The van der Waals surface area contributed by atoms with E-state index in [4.69, 9.17) is 0 Å². The van der Waals surface area contributed by atoms with Gasteiger partial charge < -0.3 is 0 Å². The topological polar surface area (TPSA) is 12.4 Å². The smallest absolute Gasteiger partial charge is 0.0728 e. The molecule has 58 valence electrons. The van der Waals surface area contributed by atoms with Crippen LogP contribution in [0, 0.1) is 5.41 Å². The van der Waals surface area contributed by atoms with Crippen molar-refractivity contribution in [2.75, 3.05) is 5.75 Å². The lowest BCUT2D eigenvalue weighted by Gasteiger charge is -2.35. The molecule has 0 amide bonds. The zero-order valence-electron chi connectivity index (χ0n) is 7.14. The molecule has 1 aliphatic rings. The van der Waals surface area contributed by atoms with Crippen molar-refractivity contribution in [1.82, 2.24) is 0 Å². The Morgan fingerprint density at radius 2 is 2.10 bits per heavy atom. The molecule has 0 saturated heterocycles. The van der Waals surface area contributed by atoms with E-state index in [1.165, 1.54) is 0 Å². The summed E-state index contributed by atoms with van der Waals surface area (Å²) >= 11 is 1.82. The largest absolute Gasteiger partial charge is 0.279 e. The molecule has 0 saturated carbocycles. The maximum Gasteiger partial charge on any atom is 0.0728 e. The molecule has 1 unspecified atom stereocenters. The minimum Gasteiger partial charge on any atom is -0.279 e. The number of thioether (sulfide) groups is 1. The molecule has 0 N–H and O–H groups in total. The monoisotopic (exact) mass is 157 g/mol. The fourth-order valence-corrected chi connectivity index (χ4v) is 2.01. The van der Waals surface area contributed by atoms with Gasteiger partial charge in [0.25, 0.3) is 0 Å². The van der Waals surface area contributed by atoms with Crippen LogP contribution in [0.25, 0.3) is 0 Å². The van der Waals surface area contributed by atoms with E-state index in [0.717, 1.165) is 5.75 Å². The molecule has 10 heavy (non-hydrogen) atoms. The number of rotatable bonds is 0. The number of hydrogen-bond acceptors (Lipinski definition) is 2. The van der Waals surface area contributed by atoms with Gasteiger partial charge in [-0.3, -0.25) is 4.99 Å². The molecular formula is C8H15NS. The lowest BCUT2D eigenvalue weighted by atomic mass is 9.77. The Hall–Kier alpha value is 0.0200. The van der Waals surface area contributed by atoms with Crippen LogP contribution in [0.15, 0.2) is 4.99 Å². The highest BCUT2D eigenvalue weighted by molar-refractivity contribution is 8.12. The number of aliphatic imine (C=N–C) groups is 1. The van der Waals surface area contributed by atoms with Crippen molar-refractivity contribution in [3.8, 4) is 0 Å². The second kappa shape index (κ2) is 2.26. The van der Waals surface area contributed by atoms with Gasteiger partial charge in [-0.25, -0.2) is 0 Å². The molecule has 2 heteroatoms. The van der Waals surface area contributed by atoms with Crippen LogP contribution in [0.2, 0.25) is 0 Å². The third-order valence-electron chi connectivity index (χ3n) is 2.39. The third-order valence-corrected chi connectivity index (χ3v) is 3.38. The summed E-state index contributed by atoms with van der Waals surface area (Å²) in [5, 5.41) is 0. The van der Waals surface area contributed by atoms with Crippen molar-refractivity contribution in [2.24, 2.45) is 10.4 Å². The summed E-state index contributed by atoms with van der Waals surface area (Å²) in [7, 11) is 0. The van der Waals surface area contributed by atoms with E-state index in [2.05, 4.69) is 32.7 Å². The Balaban J connectivity index is 2.78. The molecule has 1 rings (SSSR count). The number of nitrogens with zero attached hydrogens (tertiary/aromatic N) is 1. The van der Waals surface area contributed by atoms with Gasteiger partial charge in [0.1, 0.15) is 0 Å². The molecule has 0 fully saturated rings. The lowest BCUT2D eigenvalue weighted by molar-refractivity contribution is 0.242. The van der Waals surface area contributed by atoms with Gasteiger partial charge in [0.05, 0.1) is 11.1 Å². The second-order valence-electron chi connectivity index (χ2n) is 4.07. The first-order chi connectivity index (χ1) is 4.46. The predicted octanol–water partition coefficient (Wildman–Crippen LogP) is 2.57. The molecule has 1 nitrogen and oxygen atoms in total. The summed E-state index contributed by atoms with van der Waals surface area (Å²) in [6, 6.07) is 0. The van der Waals surface area contributed by atoms with Crippen molar-refractivity contribution < 1.29 is 0 Å². The van der Waals surface area contributed by atoms with Crippen molar-refractivity contribution >= 4 is 17.3 Å². The first kappa shape index (κ1) is 8.12. The summed E-state index contributed by atoms with van der Waals surface area (Å²) in [6.45, 7) is 8.96. The van der Waals surface area contributed by atoms with Gasteiger partial charge in [-0.05, 0) is 12.3 Å². The van der Waals surface area contributed by atoms with Gasteiger partial charge in [0.15, 0.2) is 0 Å². The molecule has 0 aliphatic carbocycles. The molecule has 0 aromatic heterocycles. The maximum atomic E-state index is 4.48. The molecule has 1 atom stereocenters. The van der Waals surface area contributed by atoms with Gasteiger partial charge in [0, 0.05) is 5.75 Å². The van der Waals surface area contributed by atoms with Crippen LogP contribution in [0.4, 0.5) is 0 Å². The van der Waals surface area contributed by atoms with Gasteiger partial charge in [0.2, 0.25) is 0 Å². The van der Waals surface area contributed by atoms with Crippen molar-refractivity contribution in [2.45, 2.75) is 33.2 Å². The molecule has 0 bridgehead atoms. The van der Waals surface area contributed by atoms with Crippen LogP contribution in [-0.4, -0.2) is 16.8 Å². The van der Waals surface area contributed by atoms with Gasteiger partial charge in [-0.1, -0.05) is 20.8 Å². The van der Waals surface area contributed by atoms with Gasteiger partial charge >= 0.3 is 0 Å². The van der Waals surface area contributed by atoms with E-state index in [9.17, 15) is 0 Å². The van der Waals surface area contributed by atoms with Crippen LogP contribution in [0.3, 0.4) is 0 Å². The second-order valence-corrected chi connectivity index (χ2v) is 4.90. The molecule has 0 radical (unpaired) electrons. The number of hydrogen-bond donors (Lipinski definition) is 0. The summed E-state index contributed by atoms with van der Waals surface area (Å²) < 4.78 is 0. The Labute approximate surface area is 67.3 Å². The Bertz CT molecular complexity index is 157. The van der Waals surface area contributed by atoms with Crippen molar-refractivity contribution in [1.29, 1.82) is 0 Å². The van der Waals surface area contributed by atoms with Crippen molar-refractivity contribution in [3.05, 3.63) is 0 Å². The minimum absolute atomic E-state index is 0.164. The van der Waals surface area contributed by atoms with E-state index < -0.39 is 0 Å². The van der Waals surface area contributed by atoms with Crippen LogP contribution < -0.4 is 0 Å². The minimum atomic E-state index is 0.164. The highest BCUT2D eigenvalue weighted by atomic mass is 32.2. The fraction of sp³-hybridized carbons (Fsp3) is 0.875. The molecule has 1 heterocycles. The molecule has 0 spiro atoms. The summed E-state index contributed by atoms with van der Waals surface area (Å²) in [5.74, 6) is 1.14. The van der Waals surface area contributed by atoms with E-state index in [1.54, 1.807) is 0 Å². The highest BCUT2D eigenvalue weighted by Crippen LogP contribution is 2.39. The molecule has 0 aromatic carbocycles. The van der Waals surface area contributed by atoms with Crippen LogP contribution in [0.1, 0.15) is 27.7 Å². The Kier molecular flexibility index (Phi) is 1.84. The zero-order valence-corrected chi connectivity index (χ0v) is 7.96. The summed E-state index contributed by atoms with van der Waals surface area (Å²) in [5.41, 5.74) is 2.44. The SMILES string of the molecule is CC(C)(C)C1(C)CSC=N1. The summed E-state index contributed by atoms with van der Waals surface area (Å²) in [6.07, 6.45) is 0. The molecule has 0 aromatic rings.